The lowest BCUT2D eigenvalue weighted by Crippen LogP contribution is -2.46. The number of nitrogens with zero attached hydrogens (tertiary/aromatic N) is 2. The second kappa shape index (κ2) is 9.16. The maximum atomic E-state index is 13.2. The molecule has 2 atom stereocenters. The van der Waals surface area contributed by atoms with Crippen LogP contribution in [0.3, 0.4) is 0 Å². The highest BCUT2D eigenvalue weighted by Gasteiger charge is 2.41. The standard InChI is InChI=1S/C20H25N3O4S/c1-13-18(28-14(2)22-13)20(25)23-12-16(27-15-7-5-4-6-8-15)11-17(23)19(24)21-9-10-26-3/h4-8,16-17H,9-12H2,1-3H3,(H,21,24)/t16-,17-/m0/s1. The molecular weight excluding hydrogens is 378 g/mol. The van der Waals surface area contributed by atoms with Gasteiger partial charge in [-0.15, -0.1) is 11.3 Å². The smallest absolute Gasteiger partial charge is 0.266 e. The monoisotopic (exact) mass is 403 g/mol. The number of hydrogen-bond donors (Lipinski definition) is 1. The highest BCUT2D eigenvalue weighted by atomic mass is 32.1. The molecule has 2 amide bonds. The third kappa shape index (κ3) is 4.69. The number of aryl methyl sites for hydroxylation is 2. The summed E-state index contributed by atoms with van der Waals surface area (Å²) < 4.78 is 11.0. The van der Waals surface area contributed by atoms with E-state index in [4.69, 9.17) is 9.47 Å². The summed E-state index contributed by atoms with van der Waals surface area (Å²) >= 11 is 1.35. The molecule has 1 aliphatic rings. The van der Waals surface area contributed by atoms with E-state index < -0.39 is 6.04 Å². The lowest BCUT2D eigenvalue weighted by molar-refractivity contribution is -0.125. The Hall–Kier alpha value is -2.45. The molecule has 7 nitrogen and oxygen atoms in total. The number of methoxy groups -OCH3 is 1. The van der Waals surface area contributed by atoms with Crippen LogP contribution in [0.1, 0.15) is 26.8 Å². The van der Waals surface area contributed by atoms with E-state index in [-0.39, 0.29) is 17.9 Å². The van der Waals surface area contributed by atoms with Crippen LogP contribution in [0.4, 0.5) is 0 Å². The summed E-state index contributed by atoms with van der Waals surface area (Å²) in [6, 6.07) is 8.86. The lowest BCUT2D eigenvalue weighted by Gasteiger charge is -2.23. The Kier molecular flexibility index (Phi) is 6.64. The van der Waals surface area contributed by atoms with Crippen LogP contribution in [-0.4, -0.2) is 60.7 Å². The van der Waals surface area contributed by atoms with E-state index in [2.05, 4.69) is 10.3 Å². The topological polar surface area (TPSA) is 80.8 Å². The molecule has 1 aliphatic heterocycles. The Bertz CT molecular complexity index is 824. The summed E-state index contributed by atoms with van der Waals surface area (Å²) in [5.41, 5.74) is 0.693. The molecule has 3 rings (SSSR count). The summed E-state index contributed by atoms with van der Waals surface area (Å²) in [5, 5.41) is 3.67. The molecule has 1 fully saturated rings. The van der Waals surface area contributed by atoms with Gasteiger partial charge in [-0.1, -0.05) is 18.2 Å². The second-order valence-corrected chi connectivity index (χ2v) is 7.90. The number of benzene rings is 1. The largest absolute Gasteiger partial charge is 0.488 e. The Morgan fingerprint density at radius 3 is 2.68 bits per heavy atom. The number of para-hydroxylation sites is 1. The first-order valence-corrected chi connectivity index (χ1v) is 10.0. The quantitative estimate of drug-likeness (QED) is 0.717. The van der Waals surface area contributed by atoms with Crippen molar-refractivity contribution < 1.29 is 19.1 Å². The average Bonchev–Trinajstić information content (AvgIpc) is 3.25. The van der Waals surface area contributed by atoms with Gasteiger partial charge in [0, 0.05) is 20.1 Å². The Labute approximate surface area is 168 Å². The Morgan fingerprint density at radius 2 is 2.04 bits per heavy atom. The number of likely N-dealkylation sites (tertiary alicyclic amines) is 1. The second-order valence-electron chi connectivity index (χ2n) is 6.69. The van der Waals surface area contributed by atoms with E-state index in [9.17, 15) is 9.59 Å². The molecule has 1 aromatic heterocycles. The Morgan fingerprint density at radius 1 is 1.29 bits per heavy atom. The van der Waals surface area contributed by atoms with Gasteiger partial charge in [0.25, 0.3) is 5.91 Å². The highest BCUT2D eigenvalue weighted by molar-refractivity contribution is 7.13. The zero-order valence-corrected chi connectivity index (χ0v) is 17.1. The molecule has 8 heteroatoms. The van der Waals surface area contributed by atoms with Crippen LogP contribution in [0.15, 0.2) is 30.3 Å². The SMILES string of the molecule is COCCNC(=O)[C@@H]1C[C@H](Oc2ccccc2)CN1C(=O)c1sc(C)nc1C. The van der Waals surface area contributed by atoms with Crippen LogP contribution in [0.5, 0.6) is 5.75 Å². The number of rotatable bonds is 7. The molecule has 150 valence electrons. The molecule has 0 spiro atoms. The number of thiazole rings is 1. The van der Waals surface area contributed by atoms with Crippen LogP contribution >= 0.6 is 11.3 Å². The minimum absolute atomic E-state index is 0.172. The number of carbonyl (C=O) groups is 2. The molecular formula is C20H25N3O4S. The van der Waals surface area contributed by atoms with Crippen molar-refractivity contribution in [3.63, 3.8) is 0 Å². The van der Waals surface area contributed by atoms with Crippen LogP contribution < -0.4 is 10.1 Å². The summed E-state index contributed by atoms with van der Waals surface area (Å²) in [7, 11) is 1.58. The van der Waals surface area contributed by atoms with Crippen LogP contribution in [0.2, 0.25) is 0 Å². The van der Waals surface area contributed by atoms with Crippen molar-refractivity contribution in [1.29, 1.82) is 0 Å². The van der Waals surface area contributed by atoms with E-state index in [1.165, 1.54) is 11.3 Å². The number of nitrogens with one attached hydrogen (secondary N) is 1. The summed E-state index contributed by atoms with van der Waals surface area (Å²) in [4.78, 5) is 32.4. The van der Waals surface area contributed by atoms with Gasteiger partial charge in [0.05, 0.1) is 23.9 Å². The van der Waals surface area contributed by atoms with Crippen LogP contribution in [0.25, 0.3) is 0 Å². The molecule has 2 aromatic rings. The molecule has 2 heterocycles. The number of hydrogen-bond acceptors (Lipinski definition) is 6. The number of ether oxygens (including phenoxy) is 2. The predicted molar refractivity (Wildman–Crippen MR) is 107 cm³/mol. The maximum Gasteiger partial charge on any atom is 0.266 e. The summed E-state index contributed by atoms with van der Waals surface area (Å²) in [6.45, 7) is 4.86. The van der Waals surface area contributed by atoms with Crippen LogP contribution in [-0.2, 0) is 9.53 Å². The average molecular weight is 404 g/mol. The van der Waals surface area contributed by atoms with Gasteiger partial charge in [0.1, 0.15) is 22.8 Å². The van der Waals surface area contributed by atoms with E-state index in [1.54, 1.807) is 12.0 Å². The van der Waals surface area contributed by atoms with Gasteiger partial charge in [-0.05, 0) is 26.0 Å². The number of aromatic nitrogens is 1. The molecule has 1 N–H and O–H groups in total. The van der Waals surface area contributed by atoms with Gasteiger partial charge in [-0.25, -0.2) is 4.98 Å². The van der Waals surface area contributed by atoms with Crippen molar-refractivity contribution in [3.8, 4) is 5.75 Å². The normalized spacial score (nSPS) is 18.9. The fourth-order valence-electron chi connectivity index (χ4n) is 3.30. The fraction of sp³-hybridized carbons (Fsp3) is 0.450. The first-order valence-electron chi connectivity index (χ1n) is 9.23. The van der Waals surface area contributed by atoms with E-state index in [0.717, 1.165) is 10.8 Å². The van der Waals surface area contributed by atoms with Crippen molar-refractivity contribution in [3.05, 3.63) is 45.9 Å². The number of amides is 2. The number of carbonyl (C=O) groups excluding carboxylic acids is 2. The molecule has 0 radical (unpaired) electrons. The van der Waals surface area contributed by atoms with Crippen molar-refractivity contribution in [2.24, 2.45) is 0 Å². The third-order valence-electron chi connectivity index (χ3n) is 4.58. The fourth-order valence-corrected chi connectivity index (χ4v) is 4.18. The zero-order chi connectivity index (χ0) is 20.1. The van der Waals surface area contributed by atoms with Crippen LogP contribution in [0, 0.1) is 13.8 Å². The van der Waals surface area contributed by atoms with E-state index in [0.29, 0.717) is 36.7 Å². The van der Waals surface area contributed by atoms with Crippen molar-refractivity contribution in [2.75, 3.05) is 26.8 Å². The highest BCUT2D eigenvalue weighted by Crippen LogP contribution is 2.27. The zero-order valence-electron chi connectivity index (χ0n) is 16.3. The summed E-state index contributed by atoms with van der Waals surface area (Å²) in [5.74, 6) is 0.364. The molecule has 0 saturated carbocycles. The van der Waals surface area contributed by atoms with E-state index >= 15 is 0 Å². The van der Waals surface area contributed by atoms with Gasteiger partial charge >= 0.3 is 0 Å². The van der Waals surface area contributed by atoms with Crippen molar-refractivity contribution in [1.82, 2.24) is 15.2 Å². The molecule has 28 heavy (non-hydrogen) atoms. The van der Waals surface area contributed by atoms with Crippen molar-refractivity contribution in [2.45, 2.75) is 32.4 Å². The molecule has 0 bridgehead atoms. The first kappa shape index (κ1) is 20.3. The third-order valence-corrected chi connectivity index (χ3v) is 5.64. The predicted octanol–water partition coefficient (Wildman–Crippen LogP) is 2.18. The van der Waals surface area contributed by atoms with Gasteiger partial charge in [0.2, 0.25) is 5.91 Å². The van der Waals surface area contributed by atoms with Gasteiger partial charge in [-0.3, -0.25) is 9.59 Å². The maximum absolute atomic E-state index is 13.2. The molecule has 1 saturated heterocycles. The van der Waals surface area contributed by atoms with Gasteiger partial charge in [0.15, 0.2) is 0 Å². The van der Waals surface area contributed by atoms with Gasteiger partial charge in [-0.2, -0.15) is 0 Å². The Balaban J connectivity index is 1.77. The first-order chi connectivity index (χ1) is 13.5. The molecule has 0 aliphatic carbocycles. The summed E-state index contributed by atoms with van der Waals surface area (Å²) in [6.07, 6.45) is 0.190. The van der Waals surface area contributed by atoms with Gasteiger partial charge < -0.3 is 19.7 Å². The van der Waals surface area contributed by atoms with Crippen molar-refractivity contribution >= 4 is 23.2 Å². The molecule has 1 aromatic carbocycles. The minimum Gasteiger partial charge on any atom is -0.488 e. The van der Waals surface area contributed by atoms with E-state index in [1.807, 2.05) is 44.2 Å². The molecule has 0 unspecified atom stereocenters. The lowest BCUT2D eigenvalue weighted by atomic mass is 10.1. The minimum atomic E-state index is -0.583.